The van der Waals surface area contributed by atoms with Gasteiger partial charge in [0, 0.05) is 81.7 Å². The molecular weight excluding hydrogens is 825 g/mol. The summed E-state index contributed by atoms with van der Waals surface area (Å²) in [6.45, 7) is 24.3. The van der Waals surface area contributed by atoms with Crippen LogP contribution in [0.1, 0.15) is 79.4 Å². The minimum atomic E-state index is -2.28. The Morgan fingerprint density at radius 3 is 2.20 bits per heavy atom. The summed E-state index contributed by atoms with van der Waals surface area (Å²) >= 11 is 0. The summed E-state index contributed by atoms with van der Waals surface area (Å²) in [6, 6.07) is 20.9. The van der Waals surface area contributed by atoms with Crippen molar-refractivity contribution in [1.29, 1.82) is 0 Å². The highest BCUT2D eigenvalue weighted by molar-refractivity contribution is 6.90. The number of piperazine rings is 1. The number of nitrogens with zero attached hydrogens (tertiary/aromatic N) is 5. The number of hydrogen-bond acceptors (Lipinski definition) is 9. The van der Waals surface area contributed by atoms with E-state index in [1.54, 1.807) is 18.2 Å². The summed E-state index contributed by atoms with van der Waals surface area (Å²) in [6.07, 6.45) is 1.40. The summed E-state index contributed by atoms with van der Waals surface area (Å²) in [5, 5.41) is 12.8. The molecule has 0 amide bonds. The number of rotatable bonds is 15. The molecule has 0 bridgehead atoms. The number of aromatic nitrogens is 2. The average molecular weight is 892 g/mol. The standard InChI is InChI=1S/C52H67F2N5O4Si/c1-35(2)64(36(3)4,37(5)6)27-20-43-46(53)19-16-40-28-41(63-34-61-9)29-45(47(40)43)42-17-18-44-49(48(42)54)55-51(56-50(44)59-22-13-21-52(8,60)33-59)62-32-38(7)30-57-23-25-58(26-24-57)31-39-14-11-10-12-15-39/h10-12,14-19,28-29,35-38,60H,13,21-26,30-34H2,1-9H3/t38-,52-/m1/s1. The molecule has 5 aromatic rings. The van der Waals surface area contributed by atoms with Crippen LogP contribution in [0.15, 0.2) is 66.7 Å². The van der Waals surface area contributed by atoms with Gasteiger partial charge in [-0.25, -0.2) is 8.78 Å². The molecule has 1 aromatic heterocycles. The Bertz CT molecular complexity index is 2440. The van der Waals surface area contributed by atoms with Gasteiger partial charge in [-0.15, -0.1) is 5.54 Å². The first-order valence-electron chi connectivity index (χ1n) is 23.1. The zero-order valence-corrected chi connectivity index (χ0v) is 40.3. The molecule has 64 heavy (non-hydrogen) atoms. The zero-order chi connectivity index (χ0) is 45.8. The van der Waals surface area contributed by atoms with Gasteiger partial charge in [-0.2, -0.15) is 9.97 Å². The molecule has 0 spiro atoms. The van der Waals surface area contributed by atoms with E-state index in [-0.39, 0.29) is 35.4 Å². The van der Waals surface area contributed by atoms with E-state index in [0.717, 1.165) is 45.7 Å². The maximum Gasteiger partial charge on any atom is 0.319 e. The molecule has 12 heteroatoms. The average Bonchev–Trinajstić information content (AvgIpc) is 3.26. The van der Waals surface area contributed by atoms with Gasteiger partial charge in [0.25, 0.3) is 0 Å². The third kappa shape index (κ3) is 10.4. The number of hydrogen-bond donors (Lipinski definition) is 1. The number of benzene rings is 4. The fourth-order valence-electron chi connectivity index (χ4n) is 10.3. The first kappa shape index (κ1) is 47.3. The van der Waals surface area contributed by atoms with Crippen molar-refractivity contribution in [3.8, 4) is 34.4 Å². The van der Waals surface area contributed by atoms with Crippen molar-refractivity contribution in [1.82, 2.24) is 19.8 Å². The smallest absolute Gasteiger partial charge is 0.319 e. The third-order valence-corrected chi connectivity index (χ3v) is 19.8. The second-order valence-electron chi connectivity index (χ2n) is 19.3. The molecule has 2 aliphatic rings. The zero-order valence-electron chi connectivity index (χ0n) is 39.3. The normalized spacial score (nSPS) is 18.3. The van der Waals surface area contributed by atoms with E-state index in [1.165, 1.54) is 18.7 Å². The lowest BCUT2D eigenvalue weighted by molar-refractivity contribution is 0.0447. The van der Waals surface area contributed by atoms with Crippen LogP contribution in [0.3, 0.4) is 0 Å². The van der Waals surface area contributed by atoms with Crippen LogP contribution >= 0.6 is 0 Å². The Hall–Kier alpha value is -4.64. The number of aliphatic hydroxyl groups is 1. The summed E-state index contributed by atoms with van der Waals surface area (Å²) in [5.74, 6) is 3.41. The lowest BCUT2D eigenvalue weighted by Gasteiger charge is -2.38. The van der Waals surface area contributed by atoms with Crippen molar-refractivity contribution in [2.24, 2.45) is 5.92 Å². The molecule has 4 aromatic carbocycles. The monoisotopic (exact) mass is 891 g/mol. The molecule has 9 nitrogen and oxygen atoms in total. The molecule has 2 aliphatic heterocycles. The van der Waals surface area contributed by atoms with Crippen molar-refractivity contribution >= 4 is 35.6 Å². The van der Waals surface area contributed by atoms with Crippen molar-refractivity contribution in [3.63, 3.8) is 0 Å². The summed E-state index contributed by atoms with van der Waals surface area (Å²) < 4.78 is 51.6. The van der Waals surface area contributed by atoms with Crippen LogP contribution in [0, 0.1) is 29.0 Å². The molecule has 342 valence electrons. The molecule has 2 saturated heterocycles. The number of ether oxygens (including phenoxy) is 3. The predicted molar refractivity (Wildman–Crippen MR) is 258 cm³/mol. The molecule has 1 N–H and O–H groups in total. The molecule has 0 aliphatic carbocycles. The molecule has 0 saturated carbocycles. The van der Waals surface area contributed by atoms with Crippen LogP contribution in [0.2, 0.25) is 16.6 Å². The lowest BCUT2D eigenvalue weighted by atomic mass is 9.92. The van der Waals surface area contributed by atoms with E-state index < -0.39 is 25.3 Å². The van der Waals surface area contributed by atoms with E-state index in [4.69, 9.17) is 24.2 Å². The van der Waals surface area contributed by atoms with Gasteiger partial charge in [0.05, 0.1) is 17.8 Å². The van der Waals surface area contributed by atoms with Gasteiger partial charge < -0.3 is 29.1 Å². The van der Waals surface area contributed by atoms with Crippen LogP contribution in [-0.4, -0.2) is 105 Å². The van der Waals surface area contributed by atoms with Gasteiger partial charge in [-0.1, -0.05) is 96.9 Å². The van der Waals surface area contributed by atoms with Gasteiger partial charge in [0.15, 0.2) is 12.6 Å². The highest BCUT2D eigenvalue weighted by atomic mass is 28.3. The molecular formula is C52H67F2N5O4Si. The van der Waals surface area contributed by atoms with E-state index >= 15 is 8.78 Å². The Labute approximate surface area is 380 Å². The number of methoxy groups -OCH3 is 1. The van der Waals surface area contributed by atoms with Gasteiger partial charge in [0.1, 0.15) is 31.0 Å². The Morgan fingerprint density at radius 1 is 0.828 bits per heavy atom. The number of halogens is 2. The summed E-state index contributed by atoms with van der Waals surface area (Å²) in [7, 11) is -0.741. The fourth-order valence-corrected chi connectivity index (χ4v) is 15.5. The maximum absolute atomic E-state index is 17.7. The highest BCUT2D eigenvalue weighted by Crippen LogP contribution is 2.43. The Balaban J connectivity index is 1.27. The van der Waals surface area contributed by atoms with Gasteiger partial charge in [-0.05, 0) is 77.2 Å². The number of β-amino-alcohol motifs (C(OH)–C–C–N with tert-alkyl or cyclic N) is 1. The minimum absolute atomic E-state index is 0.0237. The van der Waals surface area contributed by atoms with Gasteiger partial charge in [0.2, 0.25) is 0 Å². The first-order chi connectivity index (χ1) is 30.6. The van der Waals surface area contributed by atoms with Gasteiger partial charge in [-0.3, -0.25) is 4.90 Å². The topological polar surface area (TPSA) is 83.4 Å². The van der Waals surface area contributed by atoms with Crippen LogP contribution in [0.25, 0.3) is 32.8 Å². The van der Waals surface area contributed by atoms with Gasteiger partial charge >= 0.3 is 6.01 Å². The number of anilines is 1. The summed E-state index contributed by atoms with van der Waals surface area (Å²) in [4.78, 5) is 16.7. The molecule has 2 atom stereocenters. The van der Waals surface area contributed by atoms with Crippen LogP contribution < -0.4 is 14.4 Å². The second-order valence-corrected chi connectivity index (χ2v) is 24.9. The SMILES string of the molecule is COCOc1cc(-c2ccc3c(N4CCC[C@@](C)(O)C4)nc(OC[C@H](C)CN4CCN(Cc5ccccc5)CC4)nc3c2F)c2c(C#C[Si](C(C)C)(C(C)C)C(C)C)c(F)ccc2c1. The number of piperidine rings is 1. The quantitative estimate of drug-likeness (QED) is 0.0628. The summed E-state index contributed by atoms with van der Waals surface area (Å²) in [5.41, 5.74) is 6.05. The van der Waals surface area contributed by atoms with Crippen LogP contribution in [0.5, 0.6) is 11.8 Å². The van der Waals surface area contributed by atoms with Crippen molar-refractivity contribution in [3.05, 3.63) is 89.5 Å². The number of fused-ring (bicyclic) bond motifs is 2. The predicted octanol–water partition coefficient (Wildman–Crippen LogP) is 10.5. The largest absolute Gasteiger partial charge is 0.468 e. The highest BCUT2D eigenvalue weighted by Gasteiger charge is 2.42. The van der Waals surface area contributed by atoms with Crippen LogP contribution in [0.4, 0.5) is 14.6 Å². The fraction of sp³-hybridized carbons (Fsp3) is 0.500. The first-order valence-corrected chi connectivity index (χ1v) is 25.3. The van der Waals surface area contributed by atoms with E-state index in [0.29, 0.717) is 76.0 Å². The van der Waals surface area contributed by atoms with Crippen molar-refractivity contribution < 1.29 is 28.1 Å². The maximum atomic E-state index is 17.7. The molecule has 0 radical (unpaired) electrons. The molecule has 7 rings (SSSR count). The van der Waals surface area contributed by atoms with E-state index in [9.17, 15) is 5.11 Å². The molecule has 0 unspecified atom stereocenters. The van der Waals surface area contributed by atoms with E-state index in [1.807, 2.05) is 24.0 Å². The third-order valence-electron chi connectivity index (χ3n) is 13.5. The van der Waals surface area contributed by atoms with Crippen molar-refractivity contribution in [2.75, 3.05) is 71.2 Å². The Morgan fingerprint density at radius 2 is 1.53 bits per heavy atom. The Kier molecular flexibility index (Phi) is 15.0. The van der Waals surface area contributed by atoms with Crippen LogP contribution in [-0.2, 0) is 11.3 Å². The van der Waals surface area contributed by atoms with E-state index in [2.05, 4.69) is 100 Å². The molecule has 3 heterocycles. The minimum Gasteiger partial charge on any atom is -0.468 e. The lowest BCUT2D eigenvalue weighted by Crippen LogP contribution is -2.47. The molecule has 2 fully saturated rings. The van der Waals surface area contributed by atoms with Crippen molar-refractivity contribution in [2.45, 2.75) is 97.0 Å². The second kappa shape index (κ2) is 20.3.